The van der Waals surface area contributed by atoms with Gasteiger partial charge >= 0.3 is 0 Å². The average Bonchev–Trinajstić information content (AvgIpc) is 2.74. The van der Waals surface area contributed by atoms with E-state index >= 15 is 0 Å². The average molecular weight is 227 g/mol. The number of hydrogen-bond acceptors (Lipinski definition) is 4. The highest BCUT2D eigenvalue weighted by Gasteiger charge is 2.12. The van der Waals surface area contributed by atoms with E-state index in [-0.39, 0.29) is 0 Å². The van der Waals surface area contributed by atoms with Crippen molar-refractivity contribution in [1.29, 1.82) is 0 Å². The smallest absolute Gasteiger partial charge is 0.126 e. The van der Waals surface area contributed by atoms with Crippen LogP contribution in [0.1, 0.15) is 5.56 Å². The van der Waals surface area contributed by atoms with Gasteiger partial charge in [0.2, 0.25) is 0 Å². The minimum atomic E-state index is 0.441. The second-order valence-corrected chi connectivity index (χ2v) is 4.13. The quantitative estimate of drug-likeness (QED) is 0.779. The molecule has 0 fully saturated rings. The first-order valence-electron chi connectivity index (χ1n) is 5.51. The molecule has 1 aromatic heterocycles. The summed E-state index contributed by atoms with van der Waals surface area (Å²) >= 11 is 0. The lowest BCUT2D eigenvalue weighted by molar-refractivity contribution is 0.357. The summed E-state index contributed by atoms with van der Waals surface area (Å²) in [6.45, 7) is 0.763. The van der Waals surface area contributed by atoms with E-state index in [1.165, 1.54) is 5.56 Å². The second kappa shape index (κ2) is 3.66. The maximum atomic E-state index is 5.69. The highest BCUT2D eigenvalue weighted by Crippen LogP contribution is 2.31. The van der Waals surface area contributed by atoms with E-state index in [1.54, 1.807) is 0 Å². The third-order valence-electron chi connectivity index (χ3n) is 2.89. The summed E-state index contributed by atoms with van der Waals surface area (Å²) in [6.07, 6.45) is 0.958. The lowest BCUT2D eigenvalue weighted by atomic mass is 10.0. The molecule has 0 atom stereocenters. The van der Waals surface area contributed by atoms with Gasteiger partial charge in [-0.2, -0.15) is 0 Å². The van der Waals surface area contributed by atoms with Gasteiger partial charge in [0.05, 0.1) is 6.61 Å². The molecule has 0 saturated heterocycles. The van der Waals surface area contributed by atoms with Crippen LogP contribution in [0.5, 0.6) is 5.75 Å². The molecule has 2 heterocycles. The number of aromatic nitrogens is 1. The molecule has 0 saturated carbocycles. The fourth-order valence-electron chi connectivity index (χ4n) is 2.11. The van der Waals surface area contributed by atoms with Crippen LogP contribution in [0.4, 0.5) is 11.6 Å². The van der Waals surface area contributed by atoms with E-state index in [0.717, 1.165) is 29.9 Å². The maximum Gasteiger partial charge on any atom is 0.126 e. The van der Waals surface area contributed by atoms with Gasteiger partial charge in [0.15, 0.2) is 0 Å². The Morgan fingerprint density at radius 2 is 1.76 bits per heavy atom. The Bertz CT molecular complexity index is 561. The lowest BCUT2D eigenvalue weighted by Gasteiger charge is -2.06. The fourth-order valence-corrected chi connectivity index (χ4v) is 2.11. The van der Waals surface area contributed by atoms with Crippen molar-refractivity contribution in [3.8, 4) is 16.9 Å². The van der Waals surface area contributed by atoms with Crippen molar-refractivity contribution >= 4 is 11.6 Å². The van der Waals surface area contributed by atoms with Crippen molar-refractivity contribution in [2.24, 2.45) is 0 Å². The van der Waals surface area contributed by atoms with Gasteiger partial charge in [0.1, 0.15) is 17.4 Å². The number of pyridine rings is 1. The van der Waals surface area contributed by atoms with Gasteiger partial charge < -0.3 is 16.2 Å². The summed E-state index contributed by atoms with van der Waals surface area (Å²) < 4.78 is 5.48. The lowest BCUT2D eigenvalue weighted by Crippen LogP contribution is -1.96. The minimum Gasteiger partial charge on any atom is -0.493 e. The molecule has 1 aliphatic rings. The standard InChI is InChI=1S/C13H13N3O/c14-12-6-10(7-13(15)16-12)8-1-2-11-9(5-8)3-4-17-11/h1-2,5-7H,3-4H2,(H4,14,15,16). The van der Waals surface area contributed by atoms with Gasteiger partial charge in [-0.3, -0.25) is 0 Å². The number of nitrogens with zero attached hydrogens (tertiary/aromatic N) is 1. The summed E-state index contributed by atoms with van der Waals surface area (Å²) in [5.41, 5.74) is 14.7. The van der Waals surface area contributed by atoms with Crippen LogP contribution < -0.4 is 16.2 Å². The molecule has 1 aromatic carbocycles. The molecule has 0 unspecified atom stereocenters. The highest BCUT2D eigenvalue weighted by atomic mass is 16.5. The van der Waals surface area contributed by atoms with Crippen LogP contribution in [0, 0.1) is 0 Å². The maximum absolute atomic E-state index is 5.69. The summed E-state index contributed by atoms with van der Waals surface area (Å²) in [5, 5.41) is 0. The molecule has 1 aliphatic heterocycles. The van der Waals surface area contributed by atoms with Crippen LogP contribution in [-0.2, 0) is 6.42 Å². The second-order valence-electron chi connectivity index (χ2n) is 4.13. The van der Waals surface area contributed by atoms with Crippen molar-refractivity contribution in [1.82, 2.24) is 4.98 Å². The molecule has 4 N–H and O–H groups in total. The van der Waals surface area contributed by atoms with Crippen molar-refractivity contribution in [2.45, 2.75) is 6.42 Å². The molecule has 2 aromatic rings. The van der Waals surface area contributed by atoms with Gasteiger partial charge in [-0.25, -0.2) is 4.98 Å². The summed E-state index contributed by atoms with van der Waals surface area (Å²) in [5.74, 6) is 1.86. The molecular formula is C13H13N3O. The molecule has 0 radical (unpaired) electrons. The predicted octanol–water partition coefficient (Wildman–Crippen LogP) is 1.85. The van der Waals surface area contributed by atoms with E-state index in [9.17, 15) is 0 Å². The van der Waals surface area contributed by atoms with E-state index in [2.05, 4.69) is 11.1 Å². The molecule has 0 spiro atoms. The largest absolute Gasteiger partial charge is 0.493 e. The Labute approximate surface area is 99.2 Å². The number of ether oxygens (including phenoxy) is 1. The third-order valence-corrected chi connectivity index (χ3v) is 2.89. The van der Waals surface area contributed by atoms with Crippen LogP contribution >= 0.6 is 0 Å². The zero-order valence-corrected chi connectivity index (χ0v) is 9.31. The predicted molar refractivity (Wildman–Crippen MR) is 67.7 cm³/mol. The van der Waals surface area contributed by atoms with E-state index in [1.807, 2.05) is 24.3 Å². The topological polar surface area (TPSA) is 74.2 Å². The number of nitrogens with two attached hydrogens (primary N) is 2. The Morgan fingerprint density at radius 3 is 2.53 bits per heavy atom. The molecule has 3 rings (SSSR count). The first-order valence-corrected chi connectivity index (χ1v) is 5.51. The van der Waals surface area contributed by atoms with Gasteiger partial charge in [0.25, 0.3) is 0 Å². The minimum absolute atomic E-state index is 0.441. The first kappa shape index (κ1) is 9.96. The van der Waals surface area contributed by atoms with Crippen LogP contribution in [0.25, 0.3) is 11.1 Å². The van der Waals surface area contributed by atoms with E-state index in [4.69, 9.17) is 16.2 Å². The number of rotatable bonds is 1. The molecule has 4 nitrogen and oxygen atoms in total. The van der Waals surface area contributed by atoms with Crippen LogP contribution in [0.3, 0.4) is 0 Å². The molecule has 86 valence electrons. The molecule has 4 heteroatoms. The van der Waals surface area contributed by atoms with Gasteiger partial charge in [-0.05, 0) is 41.0 Å². The Morgan fingerprint density at radius 1 is 1.00 bits per heavy atom. The van der Waals surface area contributed by atoms with Crippen molar-refractivity contribution in [3.05, 3.63) is 35.9 Å². The normalized spacial score (nSPS) is 13.2. The number of fused-ring (bicyclic) bond motifs is 1. The van der Waals surface area contributed by atoms with Crippen LogP contribution in [-0.4, -0.2) is 11.6 Å². The Kier molecular flexibility index (Phi) is 2.14. The number of benzene rings is 1. The molecule has 17 heavy (non-hydrogen) atoms. The molecule has 0 amide bonds. The third kappa shape index (κ3) is 1.78. The SMILES string of the molecule is Nc1cc(-c2ccc3c(c2)CCO3)cc(N)n1. The fraction of sp³-hybridized carbons (Fsp3) is 0.154. The zero-order valence-electron chi connectivity index (χ0n) is 9.31. The van der Waals surface area contributed by atoms with E-state index < -0.39 is 0 Å². The Balaban J connectivity index is 2.09. The Hall–Kier alpha value is -2.23. The molecular weight excluding hydrogens is 214 g/mol. The number of anilines is 2. The summed E-state index contributed by atoms with van der Waals surface area (Å²) in [7, 11) is 0. The van der Waals surface area contributed by atoms with Gasteiger partial charge in [-0.15, -0.1) is 0 Å². The number of nitrogen functional groups attached to an aromatic ring is 2. The van der Waals surface area contributed by atoms with Crippen molar-refractivity contribution < 1.29 is 4.74 Å². The van der Waals surface area contributed by atoms with Crippen LogP contribution in [0.2, 0.25) is 0 Å². The monoisotopic (exact) mass is 227 g/mol. The summed E-state index contributed by atoms with van der Waals surface area (Å²) in [6, 6.07) is 9.78. The van der Waals surface area contributed by atoms with Gasteiger partial charge in [-0.1, -0.05) is 6.07 Å². The zero-order chi connectivity index (χ0) is 11.8. The summed E-state index contributed by atoms with van der Waals surface area (Å²) in [4.78, 5) is 3.96. The van der Waals surface area contributed by atoms with Crippen molar-refractivity contribution in [2.75, 3.05) is 18.1 Å². The molecule has 0 aliphatic carbocycles. The highest BCUT2D eigenvalue weighted by molar-refractivity contribution is 5.70. The number of hydrogen-bond donors (Lipinski definition) is 2. The van der Waals surface area contributed by atoms with E-state index in [0.29, 0.717) is 11.6 Å². The van der Waals surface area contributed by atoms with Crippen LogP contribution in [0.15, 0.2) is 30.3 Å². The van der Waals surface area contributed by atoms with Crippen molar-refractivity contribution in [3.63, 3.8) is 0 Å². The first-order chi connectivity index (χ1) is 8.22. The molecule has 0 bridgehead atoms. The van der Waals surface area contributed by atoms with Gasteiger partial charge in [0, 0.05) is 6.42 Å².